The Bertz CT molecular complexity index is 724. The van der Waals surface area contributed by atoms with Crippen LogP contribution in [0.15, 0.2) is 15.8 Å². The van der Waals surface area contributed by atoms with Gasteiger partial charge < -0.3 is 14.3 Å². The second-order valence-electron chi connectivity index (χ2n) is 7.96. The van der Waals surface area contributed by atoms with Crippen LogP contribution in [-0.2, 0) is 14.5 Å². The molecule has 2 N–H and O–H groups in total. The molecule has 0 bridgehead atoms. The molecular formula is C16H27BrN2O5Si. The van der Waals surface area contributed by atoms with Crippen molar-refractivity contribution in [1.82, 2.24) is 9.55 Å². The number of ether oxygens (including phenoxy) is 1. The molecule has 1 saturated heterocycles. The number of halogens is 1. The summed E-state index contributed by atoms with van der Waals surface area (Å²) in [5, 5.41) is 10.7. The Balaban J connectivity index is 2.12. The molecule has 0 unspecified atom stereocenters. The van der Waals surface area contributed by atoms with Crippen LogP contribution in [0.1, 0.15) is 39.0 Å². The van der Waals surface area contributed by atoms with E-state index in [1.807, 2.05) is 0 Å². The standard InChI is InChI=1S/C16H27BrN2O5Si/c1-16(2,3)25(4,5)23-9-12-11(20)6-13(24-12)19-8-10(7-17)14(21)18-15(19)22/h8,11-13,20H,6-7,9H2,1-5H3,(H,18,21,22)/t11-,12+,13+/m0/s1. The molecule has 0 aromatic carbocycles. The lowest BCUT2D eigenvalue weighted by molar-refractivity contribution is -0.0433. The maximum atomic E-state index is 12.1. The van der Waals surface area contributed by atoms with Crippen LogP contribution >= 0.6 is 15.9 Å². The first kappa shape index (κ1) is 20.6. The number of aromatic nitrogens is 2. The van der Waals surface area contributed by atoms with Crippen LogP contribution in [0, 0.1) is 0 Å². The number of nitrogens with zero attached hydrogens (tertiary/aromatic N) is 1. The predicted octanol–water partition coefficient (Wildman–Crippen LogP) is 2.10. The second-order valence-corrected chi connectivity index (χ2v) is 13.3. The number of H-pyrrole nitrogens is 1. The van der Waals surface area contributed by atoms with Crippen LogP contribution in [-0.4, -0.2) is 41.8 Å². The van der Waals surface area contributed by atoms with Gasteiger partial charge in [0.05, 0.1) is 12.7 Å². The SMILES string of the molecule is CC(C)(C)[Si](C)(C)OC[C@H]1O[C@@H](n2cc(CBr)c(=O)[nH]c2=O)C[C@@H]1O. The topological polar surface area (TPSA) is 93.5 Å². The molecule has 0 aliphatic carbocycles. The fourth-order valence-corrected chi connectivity index (χ4v) is 3.79. The summed E-state index contributed by atoms with van der Waals surface area (Å²) in [6, 6.07) is 0. The third-order valence-corrected chi connectivity index (χ3v) is 10.2. The Kier molecular flexibility index (Phi) is 6.15. The molecule has 0 spiro atoms. The summed E-state index contributed by atoms with van der Waals surface area (Å²) in [7, 11) is -1.95. The van der Waals surface area contributed by atoms with Gasteiger partial charge in [0, 0.05) is 23.5 Å². The first-order valence-corrected chi connectivity index (χ1v) is 12.4. The van der Waals surface area contributed by atoms with Crippen molar-refractivity contribution in [3.8, 4) is 0 Å². The number of hydrogen-bond donors (Lipinski definition) is 2. The van der Waals surface area contributed by atoms with Crippen LogP contribution in [0.5, 0.6) is 0 Å². The van der Waals surface area contributed by atoms with Crippen LogP contribution in [0.4, 0.5) is 0 Å². The van der Waals surface area contributed by atoms with Crippen molar-refractivity contribution < 1.29 is 14.3 Å². The van der Waals surface area contributed by atoms with Crippen LogP contribution in [0.3, 0.4) is 0 Å². The van der Waals surface area contributed by atoms with Gasteiger partial charge in [-0.15, -0.1) is 0 Å². The molecule has 9 heteroatoms. The minimum Gasteiger partial charge on any atom is -0.414 e. The Morgan fingerprint density at radius 2 is 2.08 bits per heavy atom. The number of nitrogens with one attached hydrogen (secondary N) is 1. The molecule has 1 aliphatic rings. The number of alkyl halides is 1. The Morgan fingerprint density at radius 3 is 2.64 bits per heavy atom. The van der Waals surface area contributed by atoms with Gasteiger partial charge in [0.25, 0.3) is 5.56 Å². The number of hydrogen-bond acceptors (Lipinski definition) is 5. The molecule has 25 heavy (non-hydrogen) atoms. The molecule has 142 valence electrons. The van der Waals surface area contributed by atoms with E-state index < -0.39 is 38.0 Å². The Morgan fingerprint density at radius 1 is 1.44 bits per heavy atom. The van der Waals surface area contributed by atoms with Gasteiger partial charge in [-0.25, -0.2) is 4.79 Å². The zero-order valence-corrected chi connectivity index (χ0v) is 17.9. The van der Waals surface area contributed by atoms with Gasteiger partial charge in [-0.1, -0.05) is 36.7 Å². The number of aromatic amines is 1. The van der Waals surface area contributed by atoms with Gasteiger partial charge in [-0.2, -0.15) is 0 Å². The van der Waals surface area contributed by atoms with E-state index in [-0.39, 0.29) is 18.1 Å². The summed E-state index contributed by atoms with van der Waals surface area (Å²) in [5.74, 6) is 0. The van der Waals surface area contributed by atoms with Crippen molar-refractivity contribution in [2.24, 2.45) is 0 Å². The normalized spacial score (nSPS) is 24.7. The smallest absolute Gasteiger partial charge is 0.330 e. The van der Waals surface area contributed by atoms with Crippen molar-refractivity contribution in [1.29, 1.82) is 0 Å². The number of aliphatic hydroxyl groups is 1. The molecule has 0 saturated carbocycles. The van der Waals surface area contributed by atoms with Crippen molar-refractivity contribution >= 4 is 24.2 Å². The number of aliphatic hydroxyl groups excluding tert-OH is 1. The minimum absolute atomic E-state index is 0.0661. The Hall–Kier alpha value is -0.743. The van der Waals surface area contributed by atoms with E-state index in [9.17, 15) is 14.7 Å². The van der Waals surface area contributed by atoms with Gasteiger partial charge in [-0.05, 0) is 18.1 Å². The van der Waals surface area contributed by atoms with Crippen molar-refractivity contribution in [2.45, 2.75) is 69.1 Å². The predicted molar refractivity (Wildman–Crippen MR) is 102 cm³/mol. The first-order chi connectivity index (χ1) is 11.5. The van der Waals surface area contributed by atoms with E-state index in [1.54, 1.807) is 0 Å². The van der Waals surface area contributed by atoms with E-state index in [4.69, 9.17) is 9.16 Å². The van der Waals surface area contributed by atoms with Gasteiger partial charge in [0.1, 0.15) is 12.3 Å². The highest BCUT2D eigenvalue weighted by Gasteiger charge is 2.41. The third-order valence-electron chi connectivity index (χ3n) is 5.11. The maximum absolute atomic E-state index is 12.1. The zero-order valence-electron chi connectivity index (χ0n) is 15.3. The largest absolute Gasteiger partial charge is 0.414 e. The Labute approximate surface area is 156 Å². The second kappa shape index (κ2) is 7.48. The summed E-state index contributed by atoms with van der Waals surface area (Å²) in [6.07, 6.45) is -0.0830. The minimum atomic E-state index is -1.95. The summed E-state index contributed by atoms with van der Waals surface area (Å²) >= 11 is 3.22. The lowest BCUT2D eigenvalue weighted by atomic mass is 10.2. The zero-order chi connectivity index (χ0) is 19.0. The highest BCUT2D eigenvalue weighted by molar-refractivity contribution is 9.08. The van der Waals surface area contributed by atoms with Crippen LogP contribution < -0.4 is 11.2 Å². The van der Waals surface area contributed by atoms with E-state index in [1.165, 1.54) is 10.8 Å². The van der Waals surface area contributed by atoms with E-state index >= 15 is 0 Å². The molecule has 3 atom stereocenters. The van der Waals surface area contributed by atoms with E-state index in [0.29, 0.717) is 10.9 Å². The van der Waals surface area contributed by atoms with Gasteiger partial charge >= 0.3 is 5.69 Å². The monoisotopic (exact) mass is 434 g/mol. The summed E-state index contributed by atoms with van der Waals surface area (Å²) in [5.41, 5.74) is -0.536. The highest BCUT2D eigenvalue weighted by Crippen LogP contribution is 2.37. The fraction of sp³-hybridized carbons (Fsp3) is 0.750. The van der Waals surface area contributed by atoms with E-state index in [2.05, 4.69) is 54.8 Å². The van der Waals surface area contributed by atoms with Crippen LogP contribution in [0.25, 0.3) is 0 Å². The molecule has 0 radical (unpaired) electrons. The average Bonchev–Trinajstić information content (AvgIpc) is 2.85. The summed E-state index contributed by atoms with van der Waals surface area (Å²) in [6.45, 7) is 11.0. The molecule has 7 nitrogen and oxygen atoms in total. The molecule has 1 fully saturated rings. The molecular weight excluding hydrogens is 408 g/mol. The summed E-state index contributed by atoms with van der Waals surface area (Å²) < 4.78 is 13.3. The van der Waals surface area contributed by atoms with E-state index in [0.717, 1.165) is 0 Å². The van der Waals surface area contributed by atoms with Gasteiger partial charge in [0.15, 0.2) is 8.32 Å². The average molecular weight is 435 g/mol. The number of rotatable bonds is 5. The molecule has 0 amide bonds. The summed E-state index contributed by atoms with van der Waals surface area (Å²) in [4.78, 5) is 26.0. The molecule has 1 aromatic heterocycles. The quantitative estimate of drug-likeness (QED) is 0.546. The van der Waals surface area contributed by atoms with Crippen molar-refractivity contribution in [3.05, 3.63) is 32.6 Å². The first-order valence-electron chi connectivity index (χ1n) is 8.34. The molecule has 1 aromatic rings. The van der Waals surface area contributed by atoms with Crippen molar-refractivity contribution in [2.75, 3.05) is 6.61 Å². The highest BCUT2D eigenvalue weighted by atomic mass is 79.9. The molecule has 2 rings (SSSR count). The van der Waals surface area contributed by atoms with Gasteiger partial charge in [0.2, 0.25) is 0 Å². The lowest BCUT2D eigenvalue weighted by Crippen LogP contribution is -2.44. The van der Waals surface area contributed by atoms with Crippen LogP contribution in [0.2, 0.25) is 18.1 Å². The maximum Gasteiger partial charge on any atom is 0.330 e. The third kappa shape index (κ3) is 4.51. The lowest BCUT2D eigenvalue weighted by Gasteiger charge is -2.37. The van der Waals surface area contributed by atoms with Crippen molar-refractivity contribution in [3.63, 3.8) is 0 Å². The van der Waals surface area contributed by atoms with Gasteiger partial charge in [-0.3, -0.25) is 14.3 Å². The molecule has 1 aliphatic heterocycles. The fourth-order valence-electron chi connectivity index (χ4n) is 2.38. The molecule has 2 heterocycles.